The van der Waals surface area contributed by atoms with E-state index in [0.717, 1.165) is 30.8 Å². The van der Waals surface area contributed by atoms with Gasteiger partial charge in [0.25, 0.3) is 0 Å². The standard InChI is InChI=1S/C16H20ClFO/c1-3-4-11-5-7-12(8-6-11)13-9-10-14(19-2)15(17)16(13)18/h7,9-11H,3-6,8H2,1-2H3. The van der Waals surface area contributed by atoms with E-state index >= 15 is 0 Å². The summed E-state index contributed by atoms with van der Waals surface area (Å²) in [6, 6.07) is 3.51. The van der Waals surface area contributed by atoms with Crippen LogP contribution in [0.4, 0.5) is 4.39 Å². The van der Waals surface area contributed by atoms with Crippen molar-refractivity contribution < 1.29 is 9.13 Å². The normalized spacial score (nSPS) is 19.2. The van der Waals surface area contributed by atoms with Gasteiger partial charge in [-0.3, -0.25) is 0 Å². The number of hydrogen-bond acceptors (Lipinski definition) is 1. The van der Waals surface area contributed by atoms with E-state index in [1.807, 2.05) is 0 Å². The summed E-state index contributed by atoms with van der Waals surface area (Å²) in [5, 5.41) is 0.0802. The highest BCUT2D eigenvalue weighted by Gasteiger charge is 2.19. The second-order valence-corrected chi connectivity index (χ2v) is 5.48. The molecule has 0 bridgehead atoms. The highest BCUT2D eigenvalue weighted by atomic mass is 35.5. The molecule has 1 atom stereocenters. The fraction of sp³-hybridized carbons (Fsp3) is 0.500. The van der Waals surface area contributed by atoms with Crippen LogP contribution in [-0.2, 0) is 0 Å². The van der Waals surface area contributed by atoms with Crippen molar-refractivity contribution in [1.29, 1.82) is 0 Å². The van der Waals surface area contributed by atoms with E-state index in [1.165, 1.54) is 20.0 Å². The Hall–Kier alpha value is -1.02. The summed E-state index contributed by atoms with van der Waals surface area (Å²) in [5.41, 5.74) is 1.70. The first-order chi connectivity index (χ1) is 9.17. The fourth-order valence-electron chi connectivity index (χ4n) is 2.74. The van der Waals surface area contributed by atoms with Crippen LogP contribution in [0.5, 0.6) is 5.75 Å². The van der Waals surface area contributed by atoms with Crippen LogP contribution in [0.2, 0.25) is 5.02 Å². The number of allylic oxidation sites excluding steroid dienone is 2. The Kier molecular flexibility index (Phi) is 4.87. The predicted octanol–water partition coefficient (Wildman–Crippen LogP) is 5.47. The van der Waals surface area contributed by atoms with Gasteiger partial charge in [0.05, 0.1) is 7.11 Å². The molecule has 1 aliphatic carbocycles. The molecule has 2 rings (SSSR count). The van der Waals surface area contributed by atoms with Crippen LogP contribution >= 0.6 is 11.6 Å². The summed E-state index contributed by atoms with van der Waals surface area (Å²) < 4.78 is 19.3. The molecule has 0 saturated carbocycles. The van der Waals surface area contributed by atoms with Gasteiger partial charge in [-0.15, -0.1) is 0 Å². The molecule has 1 aromatic carbocycles. The van der Waals surface area contributed by atoms with Crippen molar-refractivity contribution in [3.8, 4) is 5.75 Å². The van der Waals surface area contributed by atoms with Crippen LogP contribution in [0.15, 0.2) is 18.2 Å². The van der Waals surface area contributed by atoms with Crippen molar-refractivity contribution in [3.63, 3.8) is 0 Å². The molecule has 0 fully saturated rings. The molecule has 0 aliphatic heterocycles. The van der Waals surface area contributed by atoms with Gasteiger partial charge in [0.15, 0.2) is 5.82 Å². The quantitative estimate of drug-likeness (QED) is 0.711. The molecule has 3 heteroatoms. The zero-order chi connectivity index (χ0) is 13.8. The van der Waals surface area contributed by atoms with E-state index in [-0.39, 0.29) is 10.8 Å². The van der Waals surface area contributed by atoms with E-state index in [0.29, 0.717) is 11.3 Å². The summed E-state index contributed by atoms with van der Waals surface area (Å²) in [5.74, 6) is 0.787. The van der Waals surface area contributed by atoms with Crippen LogP contribution in [0.3, 0.4) is 0 Å². The molecule has 0 amide bonds. The van der Waals surface area contributed by atoms with Gasteiger partial charge in [0, 0.05) is 5.56 Å². The summed E-state index contributed by atoms with van der Waals surface area (Å²) in [6.07, 6.45) is 7.77. The van der Waals surface area contributed by atoms with Crippen molar-refractivity contribution >= 4 is 17.2 Å². The monoisotopic (exact) mass is 282 g/mol. The van der Waals surface area contributed by atoms with Gasteiger partial charge in [-0.05, 0) is 42.9 Å². The van der Waals surface area contributed by atoms with Gasteiger partial charge in [0.1, 0.15) is 10.8 Å². The first-order valence-corrected chi connectivity index (χ1v) is 7.26. The van der Waals surface area contributed by atoms with Crippen LogP contribution in [0, 0.1) is 11.7 Å². The minimum atomic E-state index is -0.360. The lowest BCUT2D eigenvalue weighted by Gasteiger charge is -2.22. The third-order valence-corrected chi connectivity index (χ3v) is 4.18. The van der Waals surface area contributed by atoms with E-state index in [1.54, 1.807) is 12.1 Å². The average molecular weight is 283 g/mol. The van der Waals surface area contributed by atoms with Crippen molar-refractivity contribution in [3.05, 3.63) is 34.6 Å². The molecule has 0 heterocycles. The maximum atomic E-state index is 14.2. The third kappa shape index (κ3) is 3.11. The van der Waals surface area contributed by atoms with E-state index in [4.69, 9.17) is 16.3 Å². The van der Waals surface area contributed by atoms with E-state index in [2.05, 4.69) is 13.0 Å². The van der Waals surface area contributed by atoms with Crippen molar-refractivity contribution in [2.24, 2.45) is 5.92 Å². The summed E-state index contributed by atoms with van der Waals surface area (Å²) in [4.78, 5) is 0. The summed E-state index contributed by atoms with van der Waals surface area (Å²) in [6.45, 7) is 2.21. The molecule has 0 aromatic heterocycles. The molecule has 19 heavy (non-hydrogen) atoms. The van der Waals surface area contributed by atoms with Gasteiger partial charge in [-0.2, -0.15) is 0 Å². The highest BCUT2D eigenvalue weighted by Crippen LogP contribution is 2.37. The molecule has 1 aromatic rings. The average Bonchev–Trinajstić information content (AvgIpc) is 2.43. The number of rotatable bonds is 4. The molecule has 0 N–H and O–H groups in total. The van der Waals surface area contributed by atoms with E-state index in [9.17, 15) is 4.39 Å². The number of methoxy groups -OCH3 is 1. The largest absolute Gasteiger partial charge is 0.495 e. The lowest BCUT2D eigenvalue weighted by atomic mass is 9.84. The molecular formula is C16H20ClFO. The lowest BCUT2D eigenvalue weighted by molar-refractivity contribution is 0.411. The Balaban J connectivity index is 2.22. The minimum absolute atomic E-state index is 0.0802. The Labute approximate surface area is 119 Å². The van der Waals surface area contributed by atoms with Crippen LogP contribution in [0.1, 0.15) is 44.6 Å². The molecule has 0 radical (unpaired) electrons. The topological polar surface area (TPSA) is 9.23 Å². The van der Waals surface area contributed by atoms with Gasteiger partial charge >= 0.3 is 0 Å². The van der Waals surface area contributed by atoms with Crippen LogP contribution < -0.4 is 4.74 Å². The Morgan fingerprint density at radius 1 is 1.42 bits per heavy atom. The van der Waals surface area contributed by atoms with Gasteiger partial charge < -0.3 is 4.74 Å². The molecule has 1 nitrogen and oxygen atoms in total. The molecular weight excluding hydrogens is 263 g/mol. The SMILES string of the molecule is CCCC1CC=C(c2ccc(OC)c(Cl)c2F)CC1. The third-order valence-electron chi connectivity index (χ3n) is 3.83. The highest BCUT2D eigenvalue weighted by molar-refractivity contribution is 6.32. The van der Waals surface area contributed by atoms with Crippen LogP contribution in [-0.4, -0.2) is 7.11 Å². The second kappa shape index (κ2) is 6.42. The number of halogens is 2. The lowest BCUT2D eigenvalue weighted by Crippen LogP contribution is -2.06. The maximum Gasteiger partial charge on any atom is 0.153 e. The molecule has 1 aliphatic rings. The molecule has 1 unspecified atom stereocenters. The fourth-order valence-corrected chi connectivity index (χ4v) is 2.98. The Bertz CT molecular complexity index is 482. The Morgan fingerprint density at radius 3 is 2.79 bits per heavy atom. The summed E-state index contributed by atoms with van der Waals surface area (Å²) >= 11 is 5.97. The van der Waals surface area contributed by atoms with Crippen LogP contribution in [0.25, 0.3) is 5.57 Å². The number of hydrogen-bond donors (Lipinski definition) is 0. The molecule has 0 spiro atoms. The zero-order valence-electron chi connectivity index (χ0n) is 11.5. The first-order valence-electron chi connectivity index (χ1n) is 6.88. The number of ether oxygens (including phenoxy) is 1. The zero-order valence-corrected chi connectivity index (χ0v) is 12.3. The minimum Gasteiger partial charge on any atom is -0.495 e. The van der Waals surface area contributed by atoms with Crippen molar-refractivity contribution in [2.75, 3.05) is 7.11 Å². The number of benzene rings is 1. The van der Waals surface area contributed by atoms with Crippen molar-refractivity contribution in [1.82, 2.24) is 0 Å². The second-order valence-electron chi connectivity index (χ2n) is 5.10. The van der Waals surface area contributed by atoms with E-state index < -0.39 is 0 Å². The van der Waals surface area contributed by atoms with Crippen molar-refractivity contribution in [2.45, 2.75) is 39.0 Å². The predicted molar refractivity (Wildman–Crippen MR) is 78.2 cm³/mol. The smallest absolute Gasteiger partial charge is 0.153 e. The molecule has 104 valence electrons. The van der Waals surface area contributed by atoms with Gasteiger partial charge in [-0.1, -0.05) is 37.4 Å². The maximum absolute atomic E-state index is 14.2. The summed E-state index contributed by atoms with van der Waals surface area (Å²) in [7, 11) is 1.50. The Morgan fingerprint density at radius 2 is 2.21 bits per heavy atom. The van der Waals surface area contributed by atoms with Gasteiger partial charge in [-0.25, -0.2) is 4.39 Å². The molecule has 0 saturated heterocycles. The first kappa shape index (κ1) is 14.4. The van der Waals surface area contributed by atoms with Gasteiger partial charge in [0.2, 0.25) is 0 Å².